The standard InChI is InChI=1S/C18H23N3O2S2/c1-10-6-7-12-13(8-10)25-16-15(12)17(23)21(11-4-2-3-5-11)18(20-16)24-9-14(19)22/h10-11H,2-9H2,1H3,(H2,19,22). The number of hydrogen-bond donors (Lipinski definition) is 1. The molecule has 2 N–H and O–H groups in total. The number of hydrogen-bond acceptors (Lipinski definition) is 5. The van der Waals surface area contributed by atoms with Gasteiger partial charge in [-0.15, -0.1) is 11.3 Å². The molecule has 0 radical (unpaired) electrons. The molecule has 0 saturated heterocycles. The zero-order chi connectivity index (χ0) is 17.6. The van der Waals surface area contributed by atoms with Gasteiger partial charge in [-0.1, -0.05) is 31.5 Å². The largest absolute Gasteiger partial charge is 0.369 e. The Balaban J connectivity index is 1.88. The van der Waals surface area contributed by atoms with Gasteiger partial charge in [0.25, 0.3) is 5.56 Å². The SMILES string of the molecule is CC1CCc2c(sc3nc(SCC(N)=O)n(C4CCCC4)c(=O)c23)C1. The van der Waals surface area contributed by atoms with Crippen molar-refractivity contribution in [3.63, 3.8) is 0 Å². The number of primary amides is 1. The van der Waals surface area contributed by atoms with Crippen molar-refractivity contribution < 1.29 is 4.79 Å². The Morgan fingerprint density at radius 1 is 1.36 bits per heavy atom. The van der Waals surface area contributed by atoms with Crippen LogP contribution < -0.4 is 11.3 Å². The molecule has 1 saturated carbocycles. The van der Waals surface area contributed by atoms with E-state index in [-0.39, 0.29) is 23.3 Å². The maximum Gasteiger partial charge on any atom is 0.263 e. The first-order valence-electron chi connectivity index (χ1n) is 9.02. The van der Waals surface area contributed by atoms with Crippen LogP contribution in [0.4, 0.5) is 0 Å². The van der Waals surface area contributed by atoms with Crippen LogP contribution in [-0.4, -0.2) is 21.2 Å². The molecule has 2 aromatic rings. The Labute approximate surface area is 155 Å². The number of thiophene rings is 1. The molecular formula is C18H23N3O2S2. The minimum atomic E-state index is -0.378. The molecule has 134 valence electrons. The molecule has 1 amide bonds. The third kappa shape index (κ3) is 3.12. The number of amides is 1. The van der Waals surface area contributed by atoms with Crippen molar-refractivity contribution in [2.24, 2.45) is 11.7 Å². The Morgan fingerprint density at radius 2 is 2.12 bits per heavy atom. The normalized spacial score (nSPS) is 20.9. The first kappa shape index (κ1) is 17.1. The van der Waals surface area contributed by atoms with Gasteiger partial charge in [0.15, 0.2) is 5.16 Å². The predicted octanol–water partition coefficient (Wildman–Crippen LogP) is 3.28. The molecule has 7 heteroatoms. The Hall–Kier alpha value is -1.34. The topological polar surface area (TPSA) is 78.0 Å². The maximum absolute atomic E-state index is 13.4. The first-order valence-corrected chi connectivity index (χ1v) is 10.8. The zero-order valence-corrected chi connectivity index (χ0v) is 16.0. The van der Waals surface area contributed by atoms with Gasteiger partial charge in [0.1, 0.15) is 4.83 Å². The zero-order valence-electron chi connectivity index (χ0n) is 14.4. The molecule has 2 aromatic heterocycles. The number of carbonyl (C=O) groups is 1. The summed E-state index contributed by atoms with van der Waals surface area (Å²) in [5.41, 5.74) is 6.64. The summed E-state index contributed by atoms with van der Waals surface area (Å²) in [6.45, 7) is 2.27. The number of carbonyl (C=O) groups excluding carboxylic acids is 1. The van der Waals surface area contributed by atoms with Crippen LogP contribution >= 0.6 is 23.1 Å². The van der Waals surface area contributed by atoms with Crippen molar-refractivity contribution in [1.29, 1.82) is 0 Å². The molecule has 0 spiro atoms. The van der Waals surface area contributed by atoms with Gasteiger partial charge in [-0.25, -0.2) is 4.98 Å². The van der Waals surface area contributed by atoms with E-state index >= 15 is 0 Å². The lowest BCUT2D eigenvalue weighted by atomic mass is 9.89. The summed E-state index contributed by atoms with van der Waals surface area (Å²) in [5.74, 6) is 0.449. The number of fused-ring (bicyclic) bond motifs is 3. The minimum Gasteiger partial charge on any atom is -0.369 e. The fourth-order valence-corrected chi connectivity index (χ4v) is 6.34. The molecule has 2 aliphatic rings. The van der Waals surface area contributed by atoms with Crippen LogP contribution in [0, 0.1) is 5.92 Å². The molecule has 1 unspecified atom stereocenters. The van der Waals surface area contributed by atoms with Crippen molar-refractivity contribution >= 4 is 39.2 Å². The molecule has 4 rings (SSSR count). The molecule has 2 aliphatic carbocycles. The highest BCUT2D eigenvalue weighted by molar-refractivity contribution is 7.99. The van der Waals surface area contributed by atoms with E-state index in [1.165, 1.54) is 22.2 Å². The van der Waals surface area contributed by atoms with Crippen molar-refractivity contribution in [1.82, 2.24) is 9.55 Å². The Morgan fingerprint density at radius 3 is 2.84 bits per heavy atom. The molecule has 0 aliphatic heterocycles. The van der Waals surface area contributed by atoms with E-state index < -0.39 is 0 Å². The summed E-state index contributed by atoms with van der Waals surface area (Å²) in [6.07, 6.45) is 7.48. The van der Waals surface area contributed by atoms with Crippen LogP contribution in [0.3, 0.4) is 0 Å². The highest BCUT2D eigenvalue weighted by atomic mass is 32.2. The quantitative estimate of drug-likeness (QED) is 0.655. The van der Waals surface area contributed by atoms with Crippen molar-refractivity contribution in [2.45, 2.75) is 63.1 Å². The van der Waals surface area contributed by atoms with Gasteiger partial charge in [-0.05, 0) is 43.6 Å². The number of aromatic nitrogens is 2. The van der Waals surface area contributed by atoms with Gasteiger partial charge in [-0.2, -0.15) is 0 Å². The summed E-state index contributed by atoms with van der Waals surface area (Å²) in [4.78, 5) is 31.6. The number of rotatable bonds is 4. The fraction of sp³-hybridized carbons (Fsp3) is 0.611. The molecule has 0 aromatic carbocycles. The first-order chi connectivity index (χ1) is 12.0. The Bertz CT molecular complexity index is 881. The van der Waals surface area contributed by atoms with Crippen molar-refractivity contribution in [3.8, 4) is 0 Å². The van der Waals surface area contributed by atoms with Gasteiger partial charge in [0.2, 0.25) is 5.91 Å². The summed E-state index contributed by atoms with van der Waals surface area (Å²) >= 11 is 2.96. The molecule has 1 atom stereocenters. The number of thioether (sulfide) groups is 1. The second-order valence-corrected chi connectivity index (χ2v) is 9.32. The van der Waals surface area contributed by atoms with Gasteiger partial charge >= 0.3 is 0 Å². The van der Waals surface area contributed by atoms with Crippen LogP contribution in [0.25, 0.3) is 10.2 Å². The lowest BCUT2D eigenvalue weighted by Crippen LogP contribution is -2.27. The van der Waals surface area contributed by atoms with Crippen LogP contribution in [0.1, 0.15) is 55.5 Å². The second kappa shape index (κ2) is 6.76. The third-order valence-corrected chi connectivity index (χ3v) is 7.49. The monoisotopic (exact) mass is 377 g/mol. The summed E-state index contributed by atoms with van der Waals surface area (Å²) < 4.78 is 1.87. The number of nitrogens with zero attached hydrogens (tertiary/aromatic N) is 2. The van der Waals surface area contributed by atoms with Gasteiger partial charge in [-0.3, -0.25) is 14.2 Å². The maximum atomic E-state index is 13.4. The van der Waals surface area contributed by atoms with Gasteiger partial charge in [0, 0.05) is 10.9 Å². The van der Waals surface area contributed by atoms with E-state index in [1.807, 2.05) is 4.57 Å². The molecule has 25 heavy (non-hydrogen) atoms. The lowest BCUT2D eigenvalue weighted by Gasteiger charge is -2.19. The van der Waals surface area contributed by atoms with Gasteiger partial charge in [0.05, 0.1) is 11.1 Å². The average Bonchev–Trinajstić information content (AvgIpc) is 3.19. The van der Waals surface area contributed by atoms with Crippen LogP contribution in [0.5, 0.6) is 0 Å². The van der Waals surface area contributed by atoms with E-state index in [4.69, 9.17) is 10.7 Å². The van der Waals surface area contributed by atoms with E-state index in [1.54, 1.807) is 11.3 Å². The van der Waals surface area contributed by atoms with Crippen molar-refractivity contribution in [3.05, 3.63) is 20.8 Å². The lowest BCUT2D eigenvalue weighted by molar-refractivity contribution is -0.115. The summed E-state index contributed by atoms with van der Waals surface area (Å²) in [6, 6.07) is 0.206. The smallest absolute Gasteiger partial charge is 0.263 e. The average molecular weight is 378 g/mol. The molecule has 0 bridgehead atoms. The number of nitrogens with two attached hydrogens (primary N) is 1. The van der Waals surface area contributed by atoms with Crippen molar-refractivity contribution in [2.75, 3.05) is 5.75 Å². The Kier molecular flexibility index (Phi) is 4.62. The summed E-state index contributed by atoms with van der Waals surface area (Å²) in [5, 5.41) is 1.50. The van der Waals surface area contributed by atoms with E-state index in [9.17, 15) is 9.59 Å². The van der Waals surface area contributed by atoms with Gasteiger partial charge < -0.3 is 5.73 Å². The molecule has 2 heterocycles. The fourth-order valence-electron chi connectivity index (χ4n) is 4.11. The highest BCUT2D eigenvalue weighted by Gasteiger charge is 2.28. The predicted molar refractivity (Wildman–Crippen MR) is 102 cm³/mol. The van der Waals surface area contributed by atoms with E-state index in [0.717, 1.165) is 55.2 Å². The molecule has 1 fully saturated rings. The van der Waals surface area contributed by atoms with Crippen LogP contribution in [0.2, 0.25) is 0 Å². The second-order valence-electron chi connectivity index (χ2n) is 7.29. The third-order valence-electron chi connectivity index (χ3n) is 5.36. The number of aryl methyl sites for hydroxylation is 1. The van der Waals surface area contributed by atoms with E-state index in [0.29, 0.717) is 11.1 Å². The van der Waals surface area contributed by atoms with E-state index in [2.05, 4.69) is 6.92 Å². The summed E-state index contributed by atoms with van der Waals surface area (Å²) in [7, 11) is 0. The molecule has 5 nitrogen and oxygen atoms in total. The van der Waals surface area contributed by atoms with Crippen LogP contribution in [0.15, 0.2) is 9.95 Å². The highest BCUT2D eigenvalue weighted by Crippen LogP contribution is 2.38. The minimum absolute atomic E-state index is 0.0934. The molecular weight excluding hydrogens is 354 g/mol. The van der Waals surface area contributed by atoms with Crippen LogP contribution in [-0.2, 0) is 17.6 Å².